The Kier molecular flexibility index (Phi) is 94.5. The number of carbonyl (C=O) groups excluding carboxylic acids is 8. The lowest BCUT2D eigenvalue weighted by Crippen LogP contribution is -2.14. The van der Waals surface area contributed by atoms with Crippen LogP contribution in [0.15, 0.2) is 99.2 Å². The van der Waals surface area contributed by atoms with Crippen LogP contribution < -0.4 is 0 Å². The van der Waals surface area contributed by atoms with Gasteiger partial charge in [0.2, 0.25) is 0 Å². The van der Waals surface area contributed by atoms with Gasteiger partial charge in [0.1, 0.15) is 26.4 Å². The molecule has 20 heteroatoms. The van der Waals surface area contributed by atoms with Crippen molar-refractivity contribution in [3.63, 3.8) is 0 Å². The quantitative estimate of drug-likeness (QED) is 0.0245. The average Bonchev–Trinajstić information content (AvgIpc) is 3.31. The minimum absolute atomic E-state index is 0. The molecule has 0 radical (unpaired) electrons. The fraction of sp³-hybridized carbons (Fsp3) is 0.571. The zero-order chi connectivity index (χ0) is 52.4. The fourth-order valence-corrected chi connectivity index (χ4v) is 3.24. The van der Waals surface area contributed by atoms with Gasteiger partial charge >= 0.3 is 47.8 Å². The molecule has 0 spiro atoms. The molecule has 0 aliphatic rings. The SMILES string of the molecule is C.C.C.C.C.C.C.C.C=C(C)C(=O)OCCCOCCCOC(=O)C(=C)C.C=C(C)C(=O)OCCOCCOC(=O)C(=C)C.C=CC(=O)OCCCOCCCOC(=O)C=C.C=CC(=O)OCCOCCOC(=O)C=C. The molecule has 20 nitrogen and oxygen atoms in total. The number of esters is 8. The molecule has 448 valence electrons. The van der Waals surface area contributed by atoms with Gasteiger partial charge in [-0.1, -0.05) is 112 Å². The van der Waals surface area contributed by atoms with E-state index in [0.717, 1.165) is 24.3 Å². The second-order valence-corrected chi connectivity index (χ2v) is 13.0. The van der Waals surface area contributed by atoms with Crippen LogP contribution in [-0.2, 0) is 95.2 Å². The highest BCUT2D eigenvalue weighted by molar-refractivity contribution is 5.88. The third kappa shape index (κ3) is 78.9. The molecule has 0 saturated carbocycles. The molecule has 0 aliphatic carbocycles. The lowest BCUT2D eigenvalue weighted by atomic mass is 10.3. The lowest BCUT2D eigenvalue weighted by Gasteiger charge is -2.06. The summed E-state index contributed by atoms with van der Waals surface area (Å²) >= 11 is 0. The number of rotatable bonds is 36. The van der Waals surface area contributed by atoms with Gasteiger partial charge in [-0.3, -0.25) is 0 Å². The number of carbonyl (C=O) groups is 8. The second-order valence-electron chi connectivity index (χ2n) is 13.0. The van der Waals surface area contributed by atoms with Gasteiger partial charge in [0.05, 0.1) is 52.9 Å². The molecule has 0 heterocycles. The molecule has 0 atom stereocenters. The van der Waals surface area contributed by atoms with Crippen LogP contribution in [0.3, 0.4) is 0 Å². The van der Waals surface area contributed by atoms with Gasteiger partial charge in [0.25, 0.3) is 0 Å². The number of ether oxygens (including phenoxy) is 12. The zero-order valence-electron chi connectivity index (χ0n) is 40.3. The molecule has 0 aliphatic heterocycles. The first kappa shape index (κ1) is 98.7. The Bertz CT molecular complexity index is 1490. The van der Waals surface area contributed by atoms with Gasteiger partial charge in [0, 0.05) is 98.7 Å². The second kappa shape index (κ2) is 72.8. The highest BCUT2D eigenvalue weighted by atomic mass is 16.6. The van der Waals surface area contributed by atoms with E-state index in [4.69, 9.17) is 47.4 Å². The van der Waals surface area contributed by atoms with Crippen LogP contribution in [0.5, 0.6) is 0 Å². The van der Waals surface area contributed by atoms with Crippen LogP contribution in [0, 0.1) is 0 Å². The van der Waals surface area contributed by atoms with Crippen molar-refractivity contribution in [3.05, 3.63) is 99.2 Å². The van der Waals surface area contributed by atoms with Crippen molar-refractivity contribution in [1.82, 2.24) is 0 Å². The van der Waals surface area contributed by atoms with Gasteiger partial charge < -0.3 is 56.8 Å². The molecule has 0 N–H and O–H groups in total. The van der Waals surface area contributed by atoms with E-state index >= 15 is 0 Å². The zero-order valence-corrected chi connectivity index (χ0v) is 40.3. The van der Waals surface area contributed by atoms with E-state index in [0.29, 0.717) is 101 Å². The van der Waals surface area contributed by atoms with E-state index in [2.05, 4.69) is 62.1 Å². The van der Waals surface area contributed by atoms with E-state index < -0.39 is 35.8 Å². The molecule has 0 rings (SSSR count). The van der Waals surface area contributed by atoms with Crippen molar-refractivity contribution in [2.24, 2.45) is 0 Å². The van der Waals surface area contributed by atoms with Gasteiger partial charge in [-0.05, 0) is 27.7 Å². The van der Waals surface area contributed by atoms with E-state index in [1.54, 1.807) is 27.7 Å². The van der Waals surface area contributed by atoms with Crippen LogP contribution in [-0.4, -0.2) is 153 Å². The third-order valence-corrected chi connectivity index (χ3v) is 6.61. The Balaban J connectivity index is -0.0000000696. The highest BCUT2D eigenvalue weighted by Crippen LogP contribution is 1.97. The van der Waals surface area contributed by atoms with Crippen molar-refractivity contribution in [2.45, 2.75) is 113 Å². The molecule has 0 aromatic carbocycles. The molecule has 76 heavy (non-hydrogen) atoms. The molecule has 0 bridgehead atoms. The van der Waals surface area contributed by atoms with Crippen molar-refractivity contribution < 1.29 is 95.2 Å². The normalized spacial score (nSPS) is 8.47. The lowest BCUT2D eigenvalue weighted by molar-refractivity contribution is -0.143. The van der Waals surface area contributed by atoms with Crippen LogP contribution in [0.2, 0.25) is 0 Å². The monoisotopic (exact) mass is 1100 g/mol. The maximum atomic E-state index is 11.0. The molecule has 0 fully saturated rings. The summed E-state index contributed by atoms with van der Waals surface area (Å²) in [6.07, 6.45) is 6.91. The summed E-state index contributed by atoms with van der Waals surface area (Å²) < 4.78 is 58.7. The maximum Gasteiger partial charge on any atom is 0.333 e. The van der Waals surface area contributed by atoms with Crippen molar-refractivity contribution in [3.8, 4) is 0 Å². The molecule has 0 saturated heterocycles. The minimum atomic E-state index is -0.489. The van der Waals surface area contributed by atoms with Crippen LogP contribution in [0.25, 0.3) is 0 Å². The largest absolute Gasteiger partial charge is 0.462 e. The fourth-order valence-electron chi connectivity index (χ4n) is 3.24. The summed E-state index contributed by atoms with van der Waals surface area (Å²) in [6.45, 7) is 38.1. The Morgan fingerprint density at radius 3 is 0.618 bits per heavy atom. The predicted octanol–water partition coefficient (Wildman–Crippen LogP) is 10.1. The highest BCUT2D eigenvalue weighted by Gasteiger charge is 2.06. The third-order valence-electron chi connectivity index (χ3n) is 6.61. The first-order chi connectivity index (χ1) is 32.3. The summed E-state index contributed by atoms with van der Waals surface area (Å²) in [5, 5.41) is 0. The van der Waals surface area contributed by atoms with Crippen molar-refractivity contribution in [2.75, 3.05) is 106 Å². The van der Waals surface area contributed by atoms with Gasteiger partial charge in [-0.2, -0.15) is 0 Å². The molecule has 0 amide bonds. The molecular weight excluding hydrogens is 993 g/mol. The number of hydrogen-bond donors (Lipinski definition) is 0. The Labute approximate surface area is 459 Å². The summed E-state index contributed by atoms with van der Waals surface area (Å²) in [4.78, 5) is 86.3. The molecule has 0 aromatic heterocycles. The Morgan fingerprint density at radius 1 is 0.263 bits per heavy atom. The predicted molar refractivity (Wildman–Crippen MR) is 303 cm³/mol. The van der Waals surface area contributed by atoms with E-state index in [-0.39, 0.29) is 124 Å². The average molecular weight is 1100 g/mol. The van der Waals surface area contributed by atoms with Gasteiger partial charge in [-0.15, -0.1) is 0 Å². The molecule has 0 aromatic rings. The first-order valence-corrected chi connectivity index (χ1v) is 21.1. The van der Waals surface area contributed by atoms with E-state index in [1.807, 2.05) is 0 Å². The smallest absolute Gasteiger partial charge is 0.333 e. The van der Waals surface area contributed by atoms with E-state index in [9.17, 15) is 38.4 Å². The van der Waals surface area contributed by atoms with Crippen molar-refractivity contribution in [1.29, 1.82) is 0 Å². The summed E-state index contributed by atoms with van der Waals surface area (Å²) in [5.74, 6) is -3.49. The van der Waals surface area contributed by atoms with Gasteiger partial charge in [-0.25, -0.2) is 38.4 Å². The molecular formula is C56H104O20. The van der Waals surface area contributed by atoms with Crippen molar-refractivity contribution >= 4 is 47.8 Å². The first-order valence-electron chi connectivity index (χ1n) is 21.1. The standard InChI is InChI=1S/C14H22O5.2C12H18O5.C10H14O5.8CH4/c1-11(2)13(15)18-9-5-7-17-8-6-10-19-14(16)12(3)4;1-9(2)11(13)16-7-5-15-6-8-17-12(14)10(3)4;1-3-11(13)16-9-5-7-15-8-6-10-17-12(14)4-2;1-3-9(11)14-7-5-13-6-8-15-10(12)4-2;;;;;;;;/h1,3,5-10H2,2,4H3;1,3,5-8H2,2,4H3;3-4H,1-2,5-10H2;3-4H,1-2,5-8H2;8*1H4. The summed E-state index contributed by atoms with van der Waals surface area (Å²) in [6, 6.07) is 0. The number of hydrogen-bond acceptors (Lipinski definition) is 20. The summed E-state index contributed by atoms with van der Waals surface area (Å²) in [7, 11) is 0. The van der Waals surface area contributed by atoms with E-state index in [1.165, 1.54) is 0 Å². The minimum Gasteiger partial charge on any atom is -0.462 e. The maximum absolute atomic E-state index is 11.0. The Morgan fingerprint density at radius 2 is 0.421 bits per heavy atom. The van der Waals surface area contributed by atoms with Gasteiger partial charge in [0.15, 0.2) is 0 Å². The summed E-state index contributed by atoms with van der Waals surface area (Å²) in [5.41, 5.74) is 1.47. The topological polar surface area (TPSA) is 247 Å². The van der Waals surface area contributed by atoms with Crippen LogP contribution >= 0.6 is 0 Å². The van der Waals surface area contributed by atoms with Crippen LogP contribution in [0.4, 0.5) is 0 Å². The Hall–Kier alpha value is -6.48. The van der Waals surface area contributed by atoms with Crippen LogP contribution in [0.1, 0.15) is 113 Å². The molecule has 0 unspecified atom stereocenters.